The molecule has 5 N–H and O–H groups in total. The van der Waals surface area contributed by atoms with Crippen molar-refractivity contribution in [2.75, 3.05) is 52.8 Å². The lowest BCUT2D eigenvalue weighted by atomic mass is 10.7. The topological polar surface area (TPSA) is 101 Å². The Balaban J connectivity index is 2.81. The molecule has 0 radical (unpaired) electrons. The average molecular weight is 223 g/mol. The monoisotopic (exact) mass is 223 g/mol. The van der Waals surface area contributed by atoms with Crippen LogP contribution in [-0.2, 0) is 19.0 Å². The average Bonchev–Trinajstić information content (AvgIpc) is 2.26. The van der Waals surface area contributed by atoms with Crippen molar-refractivity contribution in [3.8, 4) is 0 Å². The lowest BCUT2D eigenvalue weighted by Crippen LogP contribution is -2.24. The van der Waals surface area contributed by atoms with Crippen LogP contribution in [0.5, 0.6) is 0 Å². The lowest BCUT2D eigenvalue weighted by molar-refractivity contribution is -0.0242. The van der Waals surface area contributed by atoms with E-state index in [-0.39, 0.29) is 0 Å². The number of nitrogens with one attached hydrogen (secondary N) is 1. The molecule has 0 atom stereocenters. The maximum absolute atomic E-state index is 5.24. The third-order valence-electron chi connectivity index (χ3n) is 1.42. The number of hydrazine groups is 1. The zero-order chi connectivity index (χ0) is 11.2. The number of rotatable bonds is 12. The van der Waals surface area contributed by atoms with Gasteiger partial charge in [0.2, 0.25) is 0 Å². The highest BCUT2D eigenvalue weighted by Gasteiger charge is 1.91. The largest absolute Gasteiger partial charge is 0.378 e. The highest BCUT2D eigenvalue weighted by Crippen LogP contribution is 1.80. The molecule has 0 heterocycles. The van der Waals surface area contributed by atoms with Crippen molar-refractivity contribution in [1.82, 2.24) is 5.59 Å². The fourth-order valence-electron chi connectivity index (χ4n) is 0.785. The summed E-state index contributed by atoms with van der Waals surface area (Å²) < 4.78 is 15.5. The van der Waals surface area contributed by atoms with Gasteiger partial charge in [-0.2, -0.15) is 0 Å². The van der Waals surface area contributed by atoms with E-state index in [1.807, 2.05) is 0 Å². The van der Waals surface area contributed by atoms with E-state index in [0.717, 1.165) is 0 Å². The van der Waals surface area contributed by atoms with Crippen molar-refractivity contribution < 1.29 is 19.0 Å². The van der Waals surface area contributed by atoms with Gasteiger partial charge in [0.1, 0.15) is 0 Å². The SMILES string of the molecule is NCCOCCOCCOCCONN. The quantitative estimate of drug-likeness (QED) is 0.208. The van der Waals surface area contributed by atoms with Gasteiger partial charge in [0, 0.05) is 6.54 Å². The molecule has 7 nitrogen and oxygen atoms in total. The van der Waals surface area contributed by atoms with E-state index in [1.165, 1.54) is 0 Å². The van der Waals surface area contributed by atoms with Crippen LogP contribution in [-0.4, -0.2) is 52.8 Å². The first-order valence-electron chi connectivity index (χ1n) is 4.92. The molecule has 0 aliphatic carbocycles. The number of nitrogens with two attached hydrogens (primary N) is 2. The van der Waals surface area contributed by atoms with Crippen molar-refractivity contribution in [2.45, 2.75) is 0 Å². The molecule has 0 aromatic rings. The minimum atomic E-state index is 0.413. The highest BCUT2D eigenvalue weighted by molar-refractivity contribution is 4.34. The van der Waals surface area contributed by atoms with E-state index in [0.29, 0.717) is 52.8 Å². The van der Waals surface area contributed by atoms with Crippen molar-refractivity contribution in [3.63, 3.8) is 0 Å². The second-order valence-corrected chi connectivity index (χ2v) is 2.59. The normalized spacial score (nSPS) is 10.8. The van der Waals surface area contributed by atoms with Gasteiger partial charge in [-0.15, -0.1) is 5.59 Å². The summed E-state index contributed by atoms with van der Waals surface area (Å²) in [5.74, 6) is 4.87. The highest BCUT2D eigenvalue weighted by atomic mass is 16.7. The Morgan fingerprint density at radius 3 is 1.67 bits per heavy atom. The molecule has 0 spiro atoms. The molecule has 0 fully saturated rings. The van der Waals surface area contributed by atoms with Gasteiger partial charge < -0.3 is 19.9 Å². The lowest BCUT2D eigenvalue weighted by Gasteiger charge is -2.06. The van der Waals surface area contributed by atoms with Crippen LogP contribution < -0.4 is 17.2 Å². The molecule has 0 aromatic carbocycles. The van der Waals surface area contributed by atoms with Crippen LogP contribution in [0.3, 0.4) is 0 Å². The van der Waals surface area contributed by atoms with Gasteiger partial charge in [0.05, 0.1) is 46.2 Å². The van der Waals surface area contributed by atoms with Gasteiger partial charge in [-0.05, 0) is 0 Å². The zero-order valence-corrected chi connectivity index (χ0v) is 8.94. The minimum absolute atomic E-state index is 0.413. The molecule has 0 aromatic heterocycles. The van der Waals surface area contributed by atoms with E-state index in [9.17, 15) is 0 Å². The van der Waals surface area contributed by atoms with Gasteiger partial charge in [-0.3, -0.25) is 4.84 Å². The number of hydrogen-bond acceptors (Lipinski definition) is 7. The van der Waals surface area contributed by atoms with Crippen LogP contribution in [0.15, 0.2) is 0 Å². The number of hydrogen-bond donors (Lipinski definition) is 3. The van der Waals surface area contributed by atoms with Crippen LogP contribution in [0.1, 0.15) is 0 Å². The Kier molecular flexibility index (Phi) is 13.5. The van der Waals surface area contributed by atoms with Gasteiger partial charge in [0.15, 0.2) is 0 Å². The third-order valence-corrected chi connectivity index (χ3v) is 1.42. The van der Waals surface area contributed by atoms with E-state index in [2.05, 4.69) is 10.4 Å². The summed E-state index contributed by atoms with van der Waals surface area (Å²) in [7, 11) is 0. The van der Waals surface area contributed by atoms with E-state index in [4.69, 9.17) is 25.8 Å². The predicted octanol–water partition coefficient (Wildman–Crippen LogP) is -1.61. The fourth-order valence-corrected chi connectivity index (χ4v) is 0.785. The molecular weight excluding hydrogens is 202 g/mol. The first kappa shape index (κ1) is 14.7. The Hall–Kier alpha value is -0.280. The van der Waals surface area contributed by atoms with E-state index in [1.54, 1.807) is 0 Å². The summed E-state index contributed by atoms with van der Waals surface area (Å²) in [6.45, 7) is 4.21. The minimum Gasteiger partial charge on any atom is -0.378 e. The molecule has 15 heavy (non-hydrogen) atoms. The van der Waals surface area contributed by atoms with E-state index >= 15 is 0 Å². The molecule has 0 unspecified atom stereocenters. The Morgan fingerprint density at radius 1 is 0.733 bits per heavy atom. The molecule has 0 saturated carbocycles. The molecule has 92 valence electrons. The molecule has 0 saturated heterocycles. The van der Waals surface area contributed by atoms with Crippen LogP contribution >= 0.6 is 0 Å². The van der Waals surface area contributed by atoms with E-state index < -0.39 is 0 Å². The first-order chi connectivity index (χ1) is 7.41. The van der Waals surface area contributed by atoms with Crippen LogP contribution in [0.4, 0.5) is 0 Å². The molecule has 0 amide bonds. The van der Waals surface area contributed by atoms with Crippen molar-refractivity contribution >= 4 is 0 Å². The third kappa shape index (κ3) is 13.7. The van der Waals surface area contributed by atoms with Gasteiger partial charge in [0.25, 0.3) is 0 Å². The summed E-state index contributed by atoms with van der Waals surface area (Å²) >= 11 is 0. The van der Waals surface area contributed by atoms with Crippen LogP contribution in [0, 0.1) is 0 Å². The van der Waals surface area contributed by atoms with Crippen LogP contribution in [0.25, 0.3) is 0 Å². The smallest absolute Gasteiger partial charge is 0.0932 e. The van der Waals surface area contributed by atoms with Crippen molar-refractivity contribution in [3.05, 3.63) is 0 Å². The predicted molar refractivity (Wildman–Crippen MR) is 54.8 cm³/mol. The van der Waals surface area contributed by atoms with Gasteiger partial charge in [-0.1, -0.05) is 0 Å². The molecular formula is C8H21N3O4. The second kappa shape index (κ2) is 13.7. The summed E-state index contributed by atoms with van der Waals surface area (Å²) in [6, 6.07) is 0. The molecule has 0 rings (SSSR count). The fraction of sp³-hybridized carbons (Fsp3) is 1.00. The van der Waals surface area contributed by atoms with Gasteiger partial charge in [-0.25, -0.2) is 5.84 Å². The Labute approximate surface area is 89.9 Å². The Bertz CT molecular complexity index is 106. The summed E-state index contributed by atoms with van der Waals surface area (Å²) in [5, 5.41) is 0. The molecule has 0 aliphatic rings. The number of ether oxygens (including phenoxy) is 3. The van der Waals surface area contributed by atoms with Crippen molar-refractivity contribution in [1.29, 1.82) is 0 Å². The first-order valence-corrected chi connectivity index (χ1v) is 4.92. The summed E-state index contributed by atoms with van der Waals surface area (Å²) in [6.07, 6.45) is 0. The van der Waals surface area contributed by atoms with Gasteiger partial charge >= 0.3 is 0 Å². The maximum atomic E-state index is 5.24. The van der Waals surface area contributed by atoms with Crippen LogP contribution in [0.2, 0.25) is 0 Å². The molecule has 7 heteroatoms. The zero-order valence-electron chi connectivity index (χ0n) is 8.94. The molecule has 0 bridgehead atoms. The molecule has 0 aliphatic heterocycles. The maximum Gasteiger partial charge on any atom is 0.0932 e. The summed E-state index contributed by atoms with van der Waals surface area (Å²) in [5.41, 5.74) is 7.30. The summed E-state index contributed by atoms with van der Waals surface area (Å²) in [4.78, 5) is 4.64. The second-order valence-electron chi connectivity index (χ2n) is 2.59. The van der Waals surface area contributed by atoms with Crippen molar-refractivity contribution in [2.24, 2.45) is 11.6 Å². The standard InChI is InChI=1S/C8H21N3O4/c9-1-2-12-3-4-13-5-6-14-7-8-15-11-10/h11H,1-10H2. The Morgan fingerprint density at radius 2 is 1.20 bits per heavy atom.